The Morgan fingerprint density at radius 1 is 1.38 bits per heavy atom. The maximum Gasteiger partial charge on any atom is 0.130 e. The van der Waals surface area contributed by atoms with Gasteiger partial charge in [0.1, 0.15) is 5.82 Å². The number of nitrogens with two attached hydrogens (primary N) is 1. The van der Waals surface area contributed by atoms with Crippen LogP contribution in [0.2, 0.25) is 0 Å². The molecule has 3 N–H and O–H groups in total. The van der Waals surface area contributed by atoms with Crippen molar-refractivity contribution in [1.82, 2.24) is 4.98 Å². The molecule has 1 aromatic rings. The lowest BCUT2D eigenvalue weighted by Gasteiger charge is -2.18. The number of nitrogens with zero attached hydrogens (tertiary/aromatic N) is 2. The average molecular weight is 223 g/mol. The zero-order valence-corrected chi connectivity index (χ0v) is 10.1. The fourth-order valence-electron chi connectivity index (χ4n) is 1.49. The van der Waals surface area contributed by atoms with Crippen LogP contribution >= 0.6 is 0 Å². The maximum absolute atomic E-state index is 8.67. The third-order valence-electron chi connectivity index (χ3n) is 2.67. The fourth-order valence-corrected chi connectivity index (χ4v) is 1.49. The van der Waals surface area contributed by atoms with Crippen molar-refractivity contribution >= 4 is 11.5 Å². The van der Waals surface area contributed by atoms with Crippen molar-refractivity contribution in [2.24, 2.45) is 0 Å². The predicted octanol–water partition coefficient (Wildman–Crippen LogP) is 1.57. The number of unbranched alkanes of at least 4 members (excludes halogenated alkanes) is 2. The first-order valence-corrected chi connectivity index (χ1v) is 5.69. The number of hydrogen-bond acceptors (Lipinski definition) is 4. The van der Waals surface area contributed by atoms with Crippen LogP contribution in [-0.2, 0) is 0 Å². The number of nitrogen functional groups attached to an aromatic ring is 1. The maximum atomic E-state index is 8.67. The van der Waals surface area contributed by atoms with Crippen LogP contribution in [0.25, 0.3) is 0 Å². The molecule has 0 spiro atoms. The molecule has 0 unspecified atom stereocenters. The number of aromatic nitrogens is 1. The standard InChI is InChI=1S/C12H21N3O/c1-10-9-14-12(8-11(10)13)15(2)6-4-3-5-7-16/h8-9,16H,3-7H2,1-2H3,(H2,13,14). The molecule has 0 atom stereocenters. The minimum Gasteiger partial charge on any atom is -0.398 e. The molecule has 0 saturated heterocycles. The Labute approximate surface area is 97.1 Å². The van der Waals surface area contributed by atoms with Gasteiger partial charge in [0.15, 0.2) is 0 Å². The molecule has 0 radical (unpaired) electrons. The first-order chi connectivity index (χ1) is 7.65. The van der Waals surface area contributed by atoms with Crippen LogP contribution < -0.4 is 10.6 Å². The molecule has 16 heavy (non-hydrogen) atoms. The topological polar surface area (TPSA) is 62.4 Å². The highest BCUT2D eigenvalue weighted by molar-refractivity contribution is 5.54. The first-order valence-electron chi connectivity index (χ1n) is 5.69. The molecule has 4 heteroatoms. The van der Waals surface area contributed by atoms with Crippen molar-refractivity contribution in [3.8, 4) is 0 Å². The molecule has 0 aliphatic heterocycles. The van der Waals surface area contributed by atoms with E-state index in [0.29, 0.717) is 0 Å². The fraction of sp³-hybridized carbons (Fsp3) is 0.583. The van der Waals surface area contributed by atoms with E-state index in [1.807, 2.05) is 20.0 Å². The van der Waals surface area contributed by atoms with Gasteiger partial charge in [0.25, 0.3) is 0 Å². The van der Waals surface area contributed by atoms with Crippen LogP contribution in [-0.4, -0.2) is 30.3 Å². The molecule has 1 aromatic heterocycles. The second-order valence-corrected chi connectivity index (χ2v) is 4.10. The number of pyridine rings is 1. The predicted molar refractivity (Wildman–Crippen MR) is 67.6 cm³/mol. The van der Waals surface area contributed by atoms with Crippen molar-refractivity contribution in [2.75, 3.05) is 30.8 Å². The third kappa shape index (κ3) is 3.70. The van der Waals surface area contributed by atoms with Gasteiger partial charge in [-0.2, -0.15) is 0 Å². The van der Waals surface area contributed by atoms with Crippen molar-refractivity contribution < 1.29 is 5.11 Å². The summed E-state index contributed by atoms with van der Waals surface area (Å²) in [5.74, 6) is 0.909. The summed E-state index contributed by atoms with van der Waals surface area (Å²) in [6, 6.07) is 1.90. The largest absolute Gasteiger partial charge is 0.398 e. The van der Waals surface area contributed by atoms with E-state index < -0.39 is 0 Å². The molecular formula is C12H21N3O. The highest BCUT2D eigenvalue weighted by atomic mass is 16.2. The van der Waals surface area contributed by atoms with E-state index >= 15 is 0 Å². The van der Waals surface area contributed by atoms with Crippen LogP contribution in [0.4, 0.5) is 11.5 Å². The molecule has 90 valence electrons. The number of rotatable bonds is 6. The Morgan fingerprint density at radius 2 is 2.12 bits per heavy atom. The van der Waals surface area contributed by atoms with Gasteiger partial charge in [-0.05, 0) is 31.7 Å². The van der Waals surface area contributed by atoms with Crippen LogP contribution in [0, 0.1) is 6.92 Å². The summed E-state index contributed by atoms with van der Waals surface area (Å²) in [7, 11) is 2.01. The van der Waals surface area contributed by atoms with Crippen LogP contribution in [0.15, 0.2) is 12.3 Å². The summed E-state index contributed by atoms with van der Waals surface area (Å²) in [5.41, 5.74) is 7.63. The highest BCUT2D eigenvalue weighted by Gasteiger charge is 2.03. The number of aliphatic hydroxyl groups is 1. The monoisotopic (exact) mass is 223 g/mol. The first kappa shape index (κ1) is 12.8. The molecule has 0 bridgehead atoms. The molecule has 1 rings (SSSR count). The quantitative estimate of drug-likeness (QED) is 0.719. The van der Waals surface area contributed by atoms with Crippen molar-refractivity contribution in [2.45, 2.75) is 26.2 Å². The molecule has 0 fully saturated rings. The van der Waals surface area contributed by atoms with E-state index in [4.69, 9.17) is 10.8 Å². The van der Waals surface area contributed by atoms with E-state index in [1.54, 1.807) is 6.20 Å². The molecule has 0 aromatic carbocycles. The zero-order valence-electron chi connectivity index (χ0n) is 10.1. The van der Waals surface area contributed by atoms with Gasteiger partial charge in [0.2, 0.25) is 0 Å². The van der Waals surface area contributed by atoms with Crippen LogP contribution in [0.3, 0.4) is 0 Å². The number of aryl methyl sites for hydroxylation is 1. The molecule has 0 aliphatic carbocycles. The molecule has 0 saturated carbocycles. The van der Waals surface area contributed by atoms with E-state index in [2.05, 4.69) is 9.88 Å². The summed E-state index contributed by atoms with van der Waals surface area (Å²) in [6.07, 6.45) is 4.78. The lowest BCUT2D eigenvalue weighted by Crippen LogP contribution is -2.20. The number of anilines is 2. The Bertz CT molecular complexity index is 328. The lowest BCUT2D eigenvalue weighted by molar-refractivity contribution is 0.283. The van der Waals surface area contributed by atoms with E-state index in [1.165, 1.54) is 0 Å². The summed E-state index contributed by atoms with van der Waals surface area (Å²) < 4.78 is 0. The zero-order chi connectivity index (χ0) is 12.0. The van der Waals surface area contributed by atoms with Gasteiger partial charge >= 0.3 is 0 Å². The van der Waals surface area contributed by atoms with Gasteiger partial charge in [-0.25, -0.2) is 4.98 Å². The van der Waals surface area contributed by atoms with Crippen LogP contribution in [0.5, 0.6) is 0 Å². The average Bonchev–Trinajstić information content (AvgIpc) is 2.28. The normalized spacial score (nSPS) is 10.4. The molecule has 0 amide bonds. The van der Waals surface area contributed by atoms with Crippen molar-refractivity contribution in [3.63, 3.8) is 0 Å². The summed E-state index contributed by atoms with van der Waals surface area (Å²) in [4.78, 5) is 6.42. The Hall–Kier alpha value is -1.29. The highest BCUT2D eigenvalue weighted by Crippen LogP contribution is 2.16. The van der Waals surface area contributed by atoms with Crippen LogP contribution in [0.1, 0.15) is 24.8 Å². The second kappa shape index (κ2) is 6.33. The molecule has 4 nitrogen and oxygen atoms in total. The Kier molecular flexibility index (Phi) is 5.05. The Morgan fingerprint density at radius 3 is 2.75 bits per heavy atom. The van der Waals surface area contributed by atoms with Gasteiger partial charge in [0, 0.05) is 38.1 Å². The minimum atomic E-state index is 0.277. The summed E-state index contributed by atoms with van der Waals surface area (Å²) in [5, 5.41) is 8.67. The number of aliphatic hydroxyl groups excluding tert-OH is 1. The minimum absolute atomic E-state index is 0.277. The summed E-state index contributed by atoms with van der Waals surface area (Å²) >= 11 is 0. The molecule has 0 aliphatic rings. The smallest absolute Gasteiger partial charge is 0.130 e. The number of hydrogen-bond donors (Lipinski definition) is 2. The van der Waals surface area contributed by atoms with E-state index in [-0.39, 0.29) is 6.61 Å². The van der Waals surface area contributed by atoms with Crippen molar-refractivity contribution in [1.29, 1.82) is 0 Å². The third-order valence-corrected chi connectivity index (χ3v) is 2.67. The second-order valence-electron chi connectivity index (χ2n) is 4.10. The van der Waals surface area contributed by atoms with E-state index in [0.717, 1.165) is 42.9 Å². The van der Waals surface area contributed by atoms with Crippen molar-refractivity contribution in [3.05, 3.63) is 17.8 Å². The van der Waals surface area contributed by atoms with Gasteiger partial charge in [-0.15, -0.1) is 0 Å². The molecule has 1 heterocycles. The molecular weight excluding hydrogens is 202 g/mol. The van der Waals surface area contributed by atoms with Gasteiger partial charge in [-0.1, -0.05) is 0 Å². The SMILES string of the molecule is Cc1cnc(N(C)CCCCCO)cc1N. The van der Waals surface area contributed by atoms with Gasteiger partial charge < -0.3 is 15.7 Å². The summed E-state index contributed by atoms with van der Waals surface area (Å²) in [6.45, 7) is 3.17. The van der Waals surface area contributed by atoms with Gasteiger partial charge in [0.05, 0.1) is 0 Å². The lowest BCUT2D eigenvalue weighted by atomic mass is 10.2. The van der Waals surface area contributed by atoms with Gasteiger partial charge in [-0.3, -0.25) is 0 Å². The van der Waals surface area contributed by atoms with E-state index in [9.17, 15) is 0 Å². The Balaban J connectivity index is 2.46.